The number of rotatable bonds is 3. The first-order valence-corrected chi connectivity index (χ1v) is 6.40. The Morgan fingerprint density at radius 1 is 1.38 bits per heavy atom. The highest BCUT2D eigenvalue weighted by atomic mass is 79.9. The van der Waals surface area contributed by atoms with Crippen molar-refractivity contribution < 1.29 is 4.42 Å². The molecule has 0 bridgehead atoms. The normalized spacial score (nSPS) is 10.4. The molecule has 2 aromatic rings. The lowest BCUT2D eigenvalue weighted by Crippen LogP contribution is -1.99. The van der Waals surface area contributed by atoms with Gasteiger partial charge in [0.05, 0.1) is 12.2 Å². The van der Waals surface area contributed by atoms with E-state index < -0.39 is 0 Å². The van der Waals surface area contributed by atoms with Crippen LogP contribution < -0.4 is 5.32 Å². The largest absolute Gasteiger partial charge is 0.452 e. The van der Waals surface area contributed by atoms with Gasteiger partial charge in [0, 0.05) is 10.7 Å². The van der Waals surface area contributed by atoms with E-state index in [4.69, 9.17) is 16.0 Å². The molecule has 3 nitrogen and oxygen atoms in total. The molecule has 0 saturated carbocycles. The first-order chi connectivity index (χ1) is 7.65. The number of hydrogen-bond acceptors (Lipinski definition) is 3. The van der Waals surface area contributed by atoms with E-state index in [0.29, 0.717) is 16.4 Å². The van der Waals surface area contributed by atoms with Gasteiger partial charge in [-0.25, -0.2) is 4.98 Å². The first kappa shape index (κ1) is 12.0. The second-order valence-electron chi connectivity index (χ2n) is 3.05. The van der Waals surface area contributed by atoms with Crippen molar-refractivity contribution in [1.29, 1.82) is 0 Å². The fraction of sp³-hybridized carbons (Fsp3) is 0.100. The van der Waals surface area contributed by atoms with Crippen molar-refractivity contribution in [2.45, 2.75) is 6.54 Å². The molecule has 0 radical (unpaired) electrons. The van der Waals surface area contributed by atoms with Crippen LogP contribution in [-0.2, 0) is 6.54 Å². The van der Waals surface area contributed by atoms with Crippen LogP contribution in [0.25, 0.3) is 0 Å². The molecule has 1 N–H and O–H groups in total. The highest BCUT2D eigenvalue weighted by molar-refractivity contribution is 9.10. The zero-order valence-corrected chi connectivity index (χ0v) is 11.9. The molecule has 0 aliphatic heterocycles. The molecule has 84 valence electrons. The van der Waals surface area contributed by atoms with E-state index in [2.05, 4.69) is 42.2 Å². The lowest BCUT2D eigenvalue weighted by atomic mass is 10.4. The Morgan fingerprint density at radius 2 is 2.19 bits per heavy atom. The minimum Gasteiger partial charge on any atom is -0.452 e. The van der Waals surface area contributed by atoms with Gasteiger partial charge in [-0.2, -0.15) is 0 Å². The van der Waals surface area contributed by atoms with Crippen LogP contribution in [-0.4, -0.2) is 4.98 Å². The van der Waals surface area contributed by atoms with Crippen LogP contribution in [0.3, 0.4) is 0 Å². The average molecular weight is 366 g/mol. The molecule has 0 aromatic carbocycles. The topological polar surface area (TPSA) is 38.1 Å². The third kappa shape index (κ3) is 2.99. The number of furan rings is 1. The molecule has 6 heteroatoms. The van der Waals surface area contributed by atoms with E-state index in [1.807, 2.05) is 18.2 Å². The summed E-state index contributed by atoms with van der Waals surface area (Å²) in [5.41, 5.74) is 0.767. The maximum absolute atomic E-state index is 5.93. The second kappa shape index (κ2) is 5.21. The van der Waals surface area contributed by atoms with Gasteiger partial charge in [-0.05, 0) is 50.1 Å². The van der Waals surface area contributed by atoms with Crippen LogP contribution in [0.2, 0.25) is 5.15 Å². The van der Waals surface area contributed by atoms with Gasteiger partial charge in [-0.1, -0.05) is 11.6 Å². The molecular formula is C10H7Br2ClN2O. The maximum atomic E-state index is 5.93. The molecule has 0 spiro atoms. The van der Waals surface area contributed by atoms with Gasteiger partial charge in [-0.3, -0.25) is 0 Å². The smallest absolute Gasteiger partial charge is 0.169 e. The Labute approximate surface area is 114 Å². The lowest BCUT2D eigenvalue weighted by molar-refractivity contribution is 0.495. The minimum absolute atomic E-state index is 0.439. The van der Waals surface area contributed by atoms with Crippen molar-refractivity contribution in [2.24, 2.45) is 0 Å². The fourth-order valence-electron chi connectivity index (χ4n) is 1.18. The predicted molar refractivity (Wildman–Crippen MR) is 70.7 cm³/mol. The molecule has 0 aliphatic carbocycles. The zero-order chi connectivity index (χ0) is 11.5. The number of aromatic nitrogens is 1. The van der Waals surface area contributed by atoms with Crippen molar-refractivity contribution in [2.75, 3.05) is 5.32 Å². The highest BCUT2D eigenvalue weighted by Gasteiger charge is 2.04. The van der Waals surface area contributed by atoms with Crippen LogP contribution in [0.15, 0.2) is 38.0 Å². The molecule has 2 rings (SSSR count). The Kier molecular flexibility index (Phi) is 3.89. The third-order valence-corrected chi connectivity index (χ3v) is 3.05. The quantitative estimate of drug-likeness (QED) is 0.815. The van der Waals surface area contributed by atoms with Crippen LogP contribution in [0.4, 0.5) is 5.69 Å². The number of anilines is 1. The van der Waals surface area contributed by atoms with E-state index in [0.717, 1.165) is 15.9 Å². The summed E-state index contributed by atoms with van der Waals surface area (Å²) in [6, 6.07) is 5.60. The lowest BCUT2D eigenvalue weighted by Gasteiger charge is -2.06. The number of pyridine rings is 1. The number of nitrogens with zero attached hydrogens (tertiary/aromatic N) is 1. The molecule has 0 fully saturated rings. The van der Waals surface area contributed by atoms with Gasteiger partial charge in [-0.15, -0.1) is 0 Å². The summed E-state index contributed by atoms with van der Waals surface area (Å²) < 4.78 is 6.94. The Bertz CT molecular complexity index is 501. The summed E-state index contributed by atoms with van der Waals surface area (Å²) in [4.78, 5) is 4.01. The maximum Gasteiger partial charge on any atom is 0.169 e. The van der Waals surface area contributed by atoms with Crippen molar-refractivity contribution in [3.63, 3.8) is 0 Å². The van der Waals surface area contributed by atoms with Crippen LogP contribution in [0.5, 0.6) is 0 Å². The van der Waals surface area contributed by atoms with Gasteiger partial charge >= 0.3 is 0 Å². The third-order valence-electron chi connectivity index (χ3n) is 1.89. The van der Waals surface area contributed by atoms with Crippen LogP contribution in [0.1, 0.15) is 5.76 Å². The Hall–Kier alpha value is -0.520. The summed E-state index contributed by atoms with van der Waals surface area (Å²) in [6.07, 6.45) is 1.65. The summed E-state index contributed by atoms with van der Waals surface area (Å²) >= 11 is 12.5. The van der Waals surface area contributed by atoms with Gasteiger partial charge in [0.2, 0.25) is 0 Å². The van der Waals surface area contributed by atoms with E-state index in [1.165, 1.54) is 0 Å². The molecule has 0 saturated heterocycles. The van der Waals surface area contributed by atoms with Crippen molar-refractivity contribution in [3.8, 4) is 0 Å². The monoisotopic (exact) mass is 364 g/mol. The molecule has 2 aromatic heterocycles. The Balaban J connectivity index is 2.07. The van der Waals surface area contributed by atoms with Gasteiger partial charge in [0.1, 0.15) is 5.76 Å². The van der Waals surface area contributed by atoms with E-state index >= 15 is 0 Å². The predicted octanol–water partition coefficient (Wildman–Crippen LogP) is 4.47. The highest BCUT2D eigenvalue weighted by Crippen LogP contribution is 2.24. The zero-order valence-electron chi connectivity index (χ0n) is 8.01. The summed E-state index contributed by atoms with van der Waals surface area (Å²) in [5, 5.41) is 3.58. The van der Waals surface area contributed by atoms with Gasteiger partial charge in [0.25, 0.3) is 0 Å². The van der Waals surface area contributed by atoms with E-state index in [-0.39, 0.29) is 0 Å². The van der Waals surface area contributed by atoms with Crippen molar-refractivity contribution in [3.05, 3.63) is 44.5 Å². The molecule has 0 amide bonds. The molecular weight excluding hydrogens is 359 g/mol. The molecule has 0 atom stereocenters. The van der Waals surface area contributed by atoms with Crippen LogP contribution in [0, 0.1) is 0 Å². The summed E-state index contributed by atoms with van der Waals surface area (Å²) in [6.45, 7) is 0.559. The first-order valence-electron chi connectivity index (χ1n) is 4.44. The van der Waals surface area contributed by atoms with Crippen LogP contribution >= 0.6 is 43.5 Å². The number of nitrogens with one attached hydrogen (secondary N) is 1. The molecule has 0 unspecified atom stereocenters. The van der Waals surface area contributed by atoms with Gasteiger partial charge < -0.3 is 9.73 Å². The summed E-state index contributed by atoms with van der Waals surface area (Å²) in [5.74, 6) is 0.822. The van der Waals surface area contributed by atoms with E-state index in [1.54, 1.807) is 6.20 Å². The average Bonchev–Trinajstić information content (AvgIpc) is 2.66. The summed E-state index contributed by atoms with van der Waals surface area (Å²) in [7, 11) is 0. The van der Waals surface area contributed by atoms with Gasteiger partial charge in [0.15, 0.2) is 9.82 Å². The van der Waals surface area contributed by atoms with Crippen molar-refractivity contribution >= 4 is 49.1 Å². The Morgan fingerprint density at radius 3 is 2.88 bits per heavy atom. The second-order valence-corrected chi connectivity index (χ2v) is 5.11. The minimum atomic E-state index is 0.439. The number of halogens is 3. The SMILES string of the molecule is Clc1ncc(Br)cc1NCc1ccc(Br)o1. The number of hydrogen-bond donors (Lipinski definition) is 1. The molecule has 2 heterocycles. The standard InChI is InChI=1S/C10H7Br2ClN2O/c11-6-3-8(10(13)15-4-6)14-5-7-1-2-9(12)16-7/h1-4,14H,5H2. The van der Waals surface area contributed by atoms with E-state index in [9.17, 15) is 0 Å². The fourth-order valence-corrected chi connectivity index (χ4v) is 2.02. The van der Waals surface area contributed by atoms with Crippen molar-refractivity contribution in [1.82, 2.24) is 4.98 Å². The molecule has 16 heavy (non-hydrogen) atoms. The molecule has 0 aliphatic rings.